The summed E-state index contributed by atoms with van der Waals surface area (Å²) in [6.45, 7) is 15.4. The summed E-state index contributed by atoms with van der Waals surface area (Å²) in [4.78, 5) is 25.4. The van der Waals surface area contributed by atoms with Crippen molar-refractivity contribution < 1.29 is 24.5 Å². The van der Waals surface area contributed by atoms with Gasteiger partial charge >= 0.3 is 5.97 Å². The SMILES string of the molecule is C/C(=C\C=C/[C@@H](C)[C@@]1(C)C[C@@H]2O[C@]23[C@]1(C)CCC(=O)[C@@]31CC[C@H]2C(C)(C)[C@@H](O)CC[C@@]21C)C(=O)O. The van der Waals surface area contributed by atoms with Crippen molar-refractivity contribution in [3.63, 3.8) is 0 Å². The molecule has 0 aromatic rings. The van der Waals surface area contributed by atoms with Gasteiger partial charge in [-0.15, -0.1) is 0 Å². The molecule has 4 saturated carbocycles. The Kier molecular flexibility index (Phi) is 5.26. The van der Waals surface area contributed by atoms with Crippen molar-refractivity contribution in [1.29, 1.82) is 0 Å². The standard InChI is InChI=1S/C30H44O5/c1-18(24(33)34)9-8-10-19(2)27(6)17-23-30(35-23)28(27,7)15-13-22(32)29(30)16-11-20-25(3,4)21(31)12-14-26(20,29)5/h8-10,19-21,23,31H,11-17H2,1-7H3,(H,33,34)/b10-8-,18-9+/t19-,20+,21+,23+,26+,27-,28-,29-,30+/m1/s1. The van der Waals surface area contributed by atoms with Crippen LogP contribution in [0.1, 0.15) is 93.4 Å². The summed E-state index contributed by atoms with van der Waals surface area (Å²) in [5.74, 6) is 0.0328. The molecule has 5 nitrogen and oxygen atoms in total. The van der Waals surface area contributed by atoms with Gasteiger partial charge in [0.05, 0.1) is 17.6 Å². The first-order chi connectivity index (χ1) is 16.2. The fourth-order valence-corrected chi connectivity index (χ4v) is 10.3. The van der Waals surface area contributed by atoms with Gasteiger partial charge in [-0.3, -0.25) is 4.79 Å². The lowest BCUT2D eigenvalue weighted by atomic mass is 9.40. The Morgan fingerprint density at radius 2 is 1.80 bits per heavy atom. The number of hydrogen-bond donors (Lipinski definition) is 2. The molecule has 5 fully saturated rings. The summed E-state index contributed by atoms with van der Waals surface area (Å²) in [7, 11) is 0. The van der Waals surface area contributed by atoms with E-state index in [0.29, 0.717) is 23.7 Å². The van der Waals surface area contributed by atoms with Gasteiger partial charge in [-0.2, -0.15) is 0 Å². The molecule has 5 heteroatoms. The van der Waals surface area contributed by atoms with Crippen LogP contribution in [0.25, 0.3) is 0 Å². The van der Waals surface area contributed by atoms with Crippen molar-refractivity contribution in [3.05, 3.63) is 23.8 Å². The molecule has 5 aliphatic rings. The molecular weight excluding hydrogens is 440 g/mol. The first kappa shape index (κ1) is 25.2. The quantitative estimate of drug-likeness (QED) is 0.303. The predicted molar refractivity (Wildman–Crippen MR) is 135 cm³/mol. The van der Waals surface area contributed by atoms with Gasteiger partial charge in [-0.05, 0) is 73.5 Å². The minimum Gasteiger partial charge on any atom is -0.478 e. The molecule has 5 rings (SSSR count). The van der Waals surface area contributed by atoms with Crippen LogP contribution >= 0.6 is 0 Å². The number of carbonyl (C=O) groups is 2. The predicted octanol–water partition coefficient (Wildman–Crippen LogP) is 5.71. The van der Waals surface area contributed by atoms with Gasteiger partial charge in [0.1, 0.15) is 11.4 Å². The number of aliphatic hydroxyl groups is 1. The molecule has 0 unspecified atom stereocenters. The van der Waals surface area contributed by atoms with Crippen molar-refractivity contribution >= 4 is 11.8 Å². The number of aliphatic carboxylic acids is 1. The van der Waals surface area contributed by atoms with E-state index in [9.17, 15) is 19.8 Å². The lowest BCUT2D eigenvalue weighted by Crippen LogP contribution is -2.67. The number of epoxide rings is 1. The van der Waals surface area contributed by atoms with Crippen LogP contribution in [0.3, 0.4) is 0 Å². The normalized spacial score (nSPS) is 51.3. The number of fused-ring (bicyclic) bond motifs is 2. The van der Waals surface area contributed by atoms with Gasteiger partial charge < -0.3 is 14.9 Å². The monoisotopic (exact) mass is 484 g/mol. The molecule has 1 heterocycles. The molecule has 1 aliphatic heterocycles. The molecule has 0 amide bonds. The molecule has 2 N–H and O–H groups in total. The molecule has 1 saturated heterocycles. The van der Waals surface area contributed by atoms with Crippen LogP contribution in [0.2, 0.25) is 0 Å². The highest BCUT2D eigenvalue weighted by Crippen LogP contribution is 2.86. The topological polar surface area (TPSA) is 87.1 Å². The van der Waals surface area contributed by atoms with E-state index in [4.69, 9.17) is 4.74 Å². The van der Waals surface area contributed by atoms with E-state index in [0.717, 1.165) is 38.5 Å². The number of rotatable bonds is 4. The molecule has 0 radical (unpaired) electrons. The maximum Gasteiger partial charge on any atom is 0.331 e. The fourth-order valence-electron chi connectivity index (χ4n) is 10.3. The van der Waals surface area contributed by atoms with Crippen LogP contribution in [0.5, 0.6) is 0 Å². The lowest BCUT2D eigenvalue weighted by molar-refractivity contribution is -0.195. The molecule has 9 atom stereocenters. The maximum atomic E-state index is 14.2. The Hall–Kier alpha value is -1.46. The van der Waals surface area contributed by atoms with Gasteiger partial charge in [-0.1, -0.05) is 59.8 Å². The van der Waals surface area contributed by atoms with Crippen LogP contribution in [0, 0.1) is 38.9 Å². The highest BCUT2D eigenvalue weighted by atomic mass is 16.6. The fraction of sp³-hybridized carbons (Fsp3) is 0.800. The van der Waals surface area contributed by atoms with Gasteiger partial charge in [0.2, 0.25) is 0 Å². The third-order valence-corrected chi connectivity index (χ3v) is 12.7. The highest BCUT2D eigenvalue weighted by Gasteiger charge is 2.91. The first-order valence-electron chi connectivity index (χ1n) is 13.6. The van der Waals surface area contributed by atoms with E-state index in [1.165, 1.54) is 0 Å². The van der Waals surface area contributed by atoms with Crippen molar-refractivity contribution in [2.45, 2.75) is 111 Å². The third kappa shape index (κ3) is 2.67. The second-order valence-corrected chi connectivity index (χ2v) is 13.8. The van der Waals surface area contributed by atoms with Crippen LogP contribution in [-0.4, -0.2) is 39.8 Å². The average Bonchev–Trinajstić information content (AvgIpc) is 3.33. The van der Waals surface area contributed by atoms with Gasteiger partial charge in [-0.25, -0.2) is 4.79 Å². The largest absolute Gasteiger partial charge is 0.478 e. The second kappa shape index (κ2) is 7.31. The van der Waals surface area contributed by atoms with Crippen LogP contribution in [0.4, 0.5) is 0 Å². The van der Waals surface area contributed by atoms with Crippen LogP contribution < -0.4 is 0 Å². The van der Waals surface area contributed by atoms with Crippen LogP contribution in [0.15, 0.2) is 23.8 Å². The zero-order valence-corrected chi connectivity index (χ0v) is 22.6. The number of ether oxygens (including phenoxy) is 1. The Labute approximate surface area is 210 Å². The van der Waals surface area contributed by atoms with Crippen molar-refractivity contribution in [2.24, 2.45) is 38.9 Å². The minimum absolute atomic E-state index is 0.0524. The number of carboxylic acids is 1. The third-order valence-electron chi connectivity index (χ3n) is 12.7. The summed E-state index contributed by atoms with van der Waals surface area (Å²) in [6, 6.07) is 0. The molecule has 0 bridgehead atoms. The van der Waals surface area contributed by atoms with Gasteiger partial charge in [0.25, 0.3) is 0 Å². The van der Waals surface area contributed by atoms with E-state index >= 15 is 0 Å². The molecule has 194 valence electrons. The number of ketones is 1. The van der Waals surface area contributed by atoms with Crippen molar-refractivity contribution in [3.8, 4) is 0 Å². The smallest absolute Gasteiger partial charge is 0.331 e. The summed E-state index contributed by atoms with van der Waals surface area (Å²) >= 11 is 0. The lowest BCUT2D eigenvalue weighted by Gasteiger charge is -2.63. The first-order valence-corrected chi connectivity index (χ1v) is 13.6. The zero-order chi connectivity index (χ0) is 25.8. The molecule has 0 aromatic carbocycles. The molecule has 4 aliphatic carbocycles. The van der Waals surface area contributed by atoms with E-state index in [2.05, 4.69) is 47.6 Å². The molecule has 0 aromatic heterocycles. The molecule has 35 heavy (non-hydrogen) atoms. The summed E-state index contributed by atoms with van der Waals surface area (Å²) in [5, 5.41) is 20.1. The van der Waals surface area contributed by atoms with E-state index < -0.39 is 17.0 Å². The van der Waals surface area contributed by atoms with E-state index in [-0.39, 0.29) is 39.8 Å². The maximum absolute atomic E-state index is 14.2. The Morgan fingerprint density at radius 1 is 1.11 bits per heavy atom. The van der Waals surface area contributed by atoms with Crippen LogP contribution in [-0.2, 0) is 14.3 Å². The van der Waals surface area contributed by atoms with Crippen molar-refractivity contribution in [1.82, 2.24) is 0 Å². The van der Waals surface area contributed by atoms with Crippen molar-refractivity contribution in [2.75, 3.05) is 0 Å². The van der Waals surface area contributed by atoms with E-state index in [1.807, 2.05) is 6.08 Å². The number of allylic oxidation sites excluding steroid dienone is 3. The Bertz CT molecular complexity index is 1030. The highest BCUT2D eigenvalue weighted by molar-refractivity contribution is 5.90. The average molecular weight is 485 g/mol. The minimum atomic E-state index is -0.896. The summed E-state index contributed by atoms with van der Waals surface area (Å²) in [6.07, 6.45) is 11.3. The number of aliphatic hydroxyl groups excluding tert-OH is 1. The van der Waals surface area contributed by atoms with Gasteiger partial charge in [0, 0.05) is 17.4 Å². The molecular formula is C30H44O5. The van der Waals surface area contributed by atoms with E-state index in [1.54, 1.807) is 13.0 Å². The number of hydrogen-bond acceptors (Lipinski definition) is 4. The Balaban J connectivity index is 1.56. The Morgan fingerprint density at radius 3 is 2.46 bits per heavy atom. The molecule has 2 spiro atoms. The number of Topliss-reactive ketones (excluding diaryl/α,β-unsaturated/α-hetero) is 1. The number of carbonyl (C=O) groups excluding carboxylic acids is 1. The zero-order valence-electron chi connectivity index (χ0n) is 22.6. The number of carboxylic acid groups (broad SMARTS) is 1. The summed E-state index contributed by atoms with van der Waals surface area (Å²) in [5.41, 5.74) is -1.17. The second-order valence-electron chi connectivity index (χ2n) is 13.8. The van der Waals surface area contributed by atoms with Gasteiger partial charge in [0.15, 0.2) is 0 Å². The summed E-state index contributed by atoms with van der Waals surface area (Å²) < 4.78 is 6.79.